The number of imidazole rings is 1. The molecule has 20 heavy (non-hydrogen) atoms. The first-order valence-corrected chi connectivity index (χ1v) is 7.08. The highest BCUT2D eigenvalue weighted by Crippen LogP contribution is 2.28. The summed E-state index contributed by atoms with van der Waals surface area (Å²) < 4.78 is 2.11. The van der Waals surface area contributed by atoms with Crippen molar-refractivity contribution in [2.45, 2.75) is 32.9 Å². The number of rotatable bonds is 3. The summed E-state index contributed by atoms with van der Waals surface area (Å²) in [5.41, 5.74) is 3.20. The highest BCUT2D eigenvalue weighted by atomic mass is 15.2. The maximum absolute atomic E-state index is 4.61. The summed E-state index contributed by atoms with van der Waals surface area (Å²) >= 11 is 0. The van der Waals surface area contributed by atoms with E-state index >= 15 is 0 Å². The Kier molecular flexibility index (Phi) is 3.34. The molecule has 1 fully saturated rings. The van der Waals surface area contributed by atoms with Gasteiger partial charge in [0.1, 0.15) is 5.65 Å². The molecule has 0 saturated heterocycles. The SMILES string of the molecule is CN=C(NCc1cn2c(C)cccc2n1)NC1CC1C. The van der Waals surface area contributed by atoms with Crippen LogP contribution in [0.5, 0.6) is 0 Å². The smallest absolute Gasteiger partial charge is 0.191 e. The zero-order valence-electron chi connectivity index (χ0n) is 12.2. The number of guanidine groups is 1. The van der Waals surface area contributed by atoms with Crippen LogP contribution in [-0.2, 0) is 6.54 Å². The lowest BCUT2D eigenvalue weighted by Crippen LogP contribution is -2.38. The van der Waals surface area contributed by atoms with Gasteiger partial charge in [0.25, 0.3) is 0 Å². The van der Waals surface area contributed by atoms with Crippen molar-refractivity contribution in [3.05, 3.63) is 35.8 Å². The van der Waals surface area contributed by atoms with Crippen LogP contribution < -0.4 is 10.6 Å². The minimum absolute atomic E-state index is 0.574. The maximum Gasteiger partial charge on any atom is 0.191 e. The van der Waals surface area contributed by atoms with Gasteiger partial charge in [-0.25, -0.2) is 4.98 Å². The van der Waals surface area contributed by atoms with Gasteiger partial charge in [-0.2, -0.15) is 0 Å². The van der Waals surface area contributed by atoms with Crippen molar-refractivity contribution in [1.82, 2.24) is 20.0 Å². The van der Waals surface area contributed by atoms with Crippen LogP contribution >= 0.6 is 0 Å². The Morgan fingerprint density at radius 2 is 2.30 bits per heavy atom. The Morgan fingerprint density at radius 3 is 2.95 bits per heavy atom. The quantitative estimate of drug-likeness (QED) is 0.660. The summed E-state index contributed by atoms with van der Waals surface area (Å²) in [4.78, 5) is 8.86. The molecular formula is C15H21N5. The molecule has 2 aromatic heterocycles. The second-order valence-corrected chi connectivity index (χ2v) is 5.52. The fourth-order valence-electron chi connectivity index (χ4n) is 2.35. The molecule has 2 heterocycles. The number of aliphatic imine (C=N–C) groups is 1. The molecule has 2 N–H and O–H groups in total. The van der Waals surface area contributed by atoms with Crippen molar-refractivity contribution < 1.29 is 0 Å². The number of hydrogen-bond acceptors (Lipinski definition) is 2. The van der Waals surface area contributed by atoms with E-state index in [1.54, 1.807) is 7.05 Å². The van der Waals surface area contributed by atoms with Gasteiger partial charge < -0.3 is 15.0 Å². The fraction of sp³-hybridized carbons (Fsp3) is 0.467. The molecule has 5 nitrogen and oxygen atoms in total. The molecule has 0 bridgehead atoms. The van der Waals surface area contributed by atoms with Crippen LogP contribution in [0, 0.1) is 12.8 Å². The van der Waals surface area contributed by atoms with Gasteiger partial charge in [-0.1, -0.05) is 13.0 Å². The van der Waals surface area contributed by atoms with E-state index in [-0.39, 0.29) is 0 Å². The second-order valence-electron chi connectivity index (χ2n) is 5.52. The van der Waals surface area contributed by atoms with Crippen LogP contribution in [0.25, 0.3) is 5.65 Å². The summed E-state index contributed by atoms with van der Waals surface area (Å²) in [6.07, 6.45) is 3.30. The predicted molar refractivity (Wildman–Crippen MR) is 80.8 cm³/mol. The van der Waals surface area contributed by atoms with Crippen molar-refractivity contribution in [3.63, 3.8) is 0 Å². The van der Waals surface area contributed by atoms with E-state index in [1.807, 2.05) is 12.1 Å². The van der Waals surface area contributed by atoms with E-state index in [1.165, 1.54) is 12.1 Å². The molecule has 2 aromatic rings. The minimum Gasteiger partial charge on any atom is -0.353 e. The van der Waals surface area contributed by atoms with E-state index in [4.69, 9.17) is 0 Å². The molecule has 1 aliphatic carbocycles. The second kappa shape index (κ2) is 5.15. The lowest BCUT2D eigenvalue weighted by Gasteiger charge is -2.10. The highest BCUT2D eigenvalue weighted by Gasteiger charge is 2.33. The third kappa shape index (κ3) is 2.61. The number of aromatic nitrogens is 2. The van der Waals surface area contributed by atoms with Crippen LogP contribution in [-0.4, -0.2) is 28.4 Å². The number of nitrogens with one attached hydrogen (secondary N) is 2. The van der Waals surface area contributed by atoms with Gasteiger partial charge >= 0.3 is 0 Å². The van der Waals surface area contributed by atoms with Crippen molar-refractivity contribution in [3.8, 4) is 0 Å². The number of nitrogens with zero attached hydrogens (tertiary/aromatic N) is 3. The summed E-state index contributed by atoms with van der Waals surface area (Å²) in [5.74, 6) is 1.61. The average Bonchev–Trinajstić information content (AvgIpc) is 2.96. The lowest BCUT2D eigenvalue weighted by molar-refractivity contribution is 0.758. The Bertz CT molecular complexity index is 643. The molecule has 1 saturated carbocycles. The van der Waals surface area contributed by atoms with Crippen molar-refractivity contribution in [1.29, 1.82) is 0 Å². The zero-order chi connectivity index (χ0) is 14.1. The van der Waals surface area contributed by atoms with Gasteiger partial charge in [-0.3, -0.25) is 4.99 Å². The van der Waals surface area contributed by atoms with Gasteiger partial charge in [-0.05, 0) is 31.4 Å². The molecule has 1 aliphatic rings. The van der Waals surface area contributed by atoms with E-state index < -0.39 is 0 Å². The molecule has 5 heteroatoms. The highest BCUT2D eigenvalue weighted by molar-refractivity contribution is 5.80. The van der Waals surface area contributed by atoms with Crippen molar-refractivity contribution in [2.75, 3.05) is 7.05 Å². The van der Waals surface area contributed by atoms with Crippen molar-refractivity contribution >= 4 is 11.6 Å². The van der Waals surface area contributed by atoms with E-state index in [2.05, 4.69) is 51.1 Å². The molecule has 2 unspecified atom stereocenters. The predicted octanol–water partition coefficient (Wildman–Crippen LogP) is 1.72. The largest absolute Gasteiger partial charge is 0.353 e. The Balaban J connectivity index is 1.65. The van der Waals surface area contributed by atoms with Crippen LogP contribution in [0.2, 0.25) is 0 Å². The fourth-order valence-corrected chi connectivity index (χ4v) is 2.35. The Morgan fingerprint density at radius 1 is 1.50 bits per heavy atom. The molecule has 3 rings (SSSR count). The van der Waals surface area contributed by atoms with E-state index in [0.717, 1.165) is 23.2 Å². The molecular weight excluding hydrogens is 250 g/mol. The molecule has 0 spiro atoms. The Hall–Kier alpha value is -2.04. The Labute approximate surface area is 119 Å². The third-order valence-corrected chi connectivity index (χ3v) is 3.84. The van der Waals surface area contributed by atoms with Gasteiger partial charge in [0.15, 0.2) is 5.96 Å². The van der Waals surface area contributed by atoms with Crippen LogP contribution in [0.3, 0.4) is 0 Å². The molecule has 0 aliphatic heterocycles. The monoisotopic (exact) mass is 271 g/mol. The topological polar surface area (TPSA) is 53.7 Å². The minimum atomic E-state index is 0.574. The normalized spacial score (nSPS) is 22.1. The zero-order valence-corrected chi connectivity index (χ0v) is 12.2. The molecule has 0 aromatic carbocycles. The molecule has 106 valence electrons. The van der Waals surface area contributed by atoms with Crippen LogP contribution in [0.1, 0.15) is 24.7 Å². The third-order valence-electron chi connectivity index (χ3n) is 3.84. The van der Waals surface area contributed by atoms with Gasteiger partial charge in [-0.15, -0.1) is 0 Å². The number of hydrogen-bond donors (Lipinski definition) is 2. The maximum atomic E-state index is 4.61. The number of fused-ring (bicyclic) bond motifs is 1. The standard InChI is InChI=1S/C15H21N5/c1-10-7-13(10)19-15(16-3)17-8-12-9-20-11(2)5-4-6-14(20)18-12/h4-6,9-10,13H,7-8H2,1-3H3,(H2,16,17,19). The van der Waals surface area contributed by atoms with Gasteiger partial charge in [0, 0.05) is 25.0 Å². The summed E-state index contributed by atoms with van der Waals surface area (Å²) in [7, 11) is 1.80. The summed E-state index contributed by atoms with van der Waals surface area (Å²) in [6.45, 7) is 5.01. The van der Waals surface area contributed by atoms with Gasteiger partial charge in [0.05, 0.1) is 12.2 Å². The number of pyridine rings is 1. The van der Waals surface area contributed by atoms with E-state index in [9.17, 15) is 0 Å². The number of aryl methyl sites for hydroxylation is 1. The lowest BCUT2D eigenvalue weighted by atomic mass is 10.4. The van der Waals surface area contributed by atoms with Crippen molar-refractivity contribution in [2.24, 2.45) is 10.9 Å². The molecule has 0 radical (unpaired) electrons. The first-order chi connectivity index (χ1) is 9.67. The van der Waals surface area contributed by atoms with Crippen LogP contribution in [0.4, 0.5) is 0 Å². The van der Waals surface area contributed by atoms with E-state index in [0.29, 0.717) is 12.6 Å². The van der Waals surface area contributed by atoms with Crippen LogP contribution in [0.15, 0.2) is 29.4 Å². The summed E-state index contributed by atoms with van der Waals surface area (Å²) in [5, 5.41) is 6.73. The summed E-state index contributed by atoms with van der Waals surface area (Å²) in [6, 6.07) is 6.71. The first-order valence-electron chi connectivity index (χ1n) is 7.08. The first kappa shape index (κ1) is 13.0. The molecule has 0 amide bonds. The average molecular weight is 271 g/mol. The van der Waals surface area contributed by atoms with Gasteiger partial charge in [0.2, 0.25) is 0 Å². The molecule has 2 atom stereocenters.